The third kappa shape index (κ3) is 3.85. The molecule has 4 N–H and O–H groups in total. The average Bonchev–Trinajstić information content (AvgIpc) is 2.51. The van der Waals surface area contributed by atoms with E-state index >= 15 is 0 Å². The molecule has 5 atom stereocenters. The molecular weight excluding hydrogens is 396 g/mol. The van der Waals surface area contributed by atoms with Crippen LogP contribution in [0.15, 0.2) is 0 Å². The molecule has 154 valence electrons. The highest BCUT2D eigenvalue weighted by Gasteiger charge is 2.75. The molecule has 1 heterocycles. The van der Waals surface area contributed by atoms with Gasteiger partial charge < -0.3 is 29.9 Å². The van der Waals surface area contributed by atoms with Crippen molar-refractivity contribution in [3.8, 4) is 0 Å². The predicted molar refractivity (Wildman–Crippen MR) is 61.1 cm³/mol. The Balaban J connectivity index is 2.93. The SMILES string of the molecule is O=C(O)[C@H]1O[C@@H](OCC(F)(F)C(F)(F)C(F)(F)C(F)F)[C@H](O)[C@@H](O)[C@@H]1O. The second kappa shape index (κ2) is 7.38. The Morgan fingerprint density at radius 1 is 1.00 bits per heavy atom. The predicted octanol–water partition coefficient (Wildman–Crippen LogP) is 0.0662. The zero-order chi connectivity index (χ0) is 20.7. The van der Waals surface area contributed by atoms with Crippen molar-refractivity contribution in [3.63, 3.8) is 0 Å². The quantitative estimate of drug-likeness (QED) is 0.441. The molecule has 0 bridgehead atoms. The van der Waals surface area contributed by atoms with Crippen LogP contribution in [0.25, 0.3) is 0 Å². The number of rotatable bonds is 7. The smallest absolute Gasteiger partial charge is 0.380 e. The largest absolute Gasteiger partial charge is 0.479 e. The molecule has 0 aromatic carbocycles. The summed E-state index contributed by atoms with van der Waals surface area (Å²) in [6.07, 6.45) is -17.1. The second-order valence-electron chi connectivity index (χ2n) is 5.25. The first-order valence-corrected chi connectivity index (χ1v) is 6.53. The van der Waals surface area contributed by atoms with Gasteiger partial charge in [-0.2, -0.15) is 26.3 Å². The van der Waals surface area contributed by atoms with Crippen LogP contribution in [0.4, 0.5) is 35.1 Å². The van der Waals surface area contributed by atoms with E-state index in [9.17, 15) is 55.2 Å². The van der Waals surface area contributed by atoms with Crippen molar-refractivity contribution in [1.29, 1.82) is 0 Å². The van der Waals surface area contributed by atoms with Gasteiger partial charge in [0.2, 0.25) is 0 Å². The lowest BCUT2D eigenvalue weighted by molar-refractivity contribution is -0.362. The monoisotopic (exact) mass is 408 g/mol. The van der Waals surface area contributed by atoms with Crippen LogP contribution in [0, 0.1) is 0 Å². The molecule has 0 spiro atoms. The minimum Gasteiger partial charge on any atom is -0.479 e. The van der Waals surface area contributed by atoms with Crippen LogP contribution in [0.5, 0.6) is 0 Å². The number of carboxylic acid groups (broad SMARTS) is 1. The number of alkyl halides is 8. The van der Waals surface area contributed by atoms with Crippen molar-refractivity contribution in [2.75, 3.05) is 6.61 Å². The van der Waals surface area contributed by atoms with Gasteiger partial charge in [0.05, 0.1) is 0 Å². The molecule has 0 amide bonds. The third-order valence-electron chi connectivity index (χ3n) is 3.39. The lowest BCUT2D eigenvalue weighted by Gasteiger charge is -2.39. The summed E-state index contributed by atoms with van der Waals surface area (Å²) in [6, 6.07) is 0. The van der Waals surface area contributed by atoms with Gasteiger partial charge in [-0.15, -0.1) is 0 Å². The third-order valence-corrected chi connectivity index (χ3v) is 3.39. The molecule has 0 radical (unpaired) electrons. The number of ether oxygens (including phenoxy) is 2. The number of aliphatic hydroxyl groups excluding tert-OH is 3. The Bertz CT molecular complexity index is 517. The van der Waals surface area contributed by atoms with Crippen molar-refractivity contribution in [1.82, 2.24) is 0 Å². The lowest BCUT2D eigenvalue weighted by atomic mass is 9.99. The molecule has 1 saturated heterocycles. The van der Waals surface area contributed by atoms with Gasteiger partial charge in [-0.25, -0.2) is 13.6 Å². The summed E-state index contributed by atoms with van der Waals surface area (Å²) in [6.45, 7) is -2.71. The highest BCUT2D eigenvalue weighted by atomic mass is 19.4. The molecule has 0 aromatic rings. The van der Waals surface area contributed by atoms with Crippen molar-refractivity contribution in [2.24, 2.45) is 0 Å². The van der Waals surface area contributed by atoms with Gasteiger partial charge in [0.15, 0.2) is 12.4 Å². The van der Waals surface area contributed by atoms with E-state index in [0.29, 0.717) is 0 Å². The molecule has 0 saturated carbocycles. The molecule has 0 aliphatic carbocycles. The van der Waals surface area contributed by atoms with Crippen LogP contribution in [0.2, 0.25) is 0 Å². The Morgan fingerprint density at radius 3 is 1.92 bits per heavy atom. The highest BCUT2D eigenvalue weighted by molar-refractivity contribution is 5.73. The summed E-state index contributed by atoms with van der Waals surface area (Å²) in [4.78, 5) is 10.7. The Morgan fingerprint density at radius 2 is 1.50 bits per heavy atom. The van der Waals surface area contributed by atoms with Crippen LogP contribution in [0.3, 0.4) is 0 Å². The minimum absolute atomic E-state index is 1.97. The Labute approximate surface area is 138 Å². The fourth-order valence-corrected chi connectivity index (χ4v) is 1.85. The summed E-state index contributed by atoms with van der Waals surface area (Å²) < 4.78 is 110. The number of halogens is 8. The van der Waals surface area contributed by atoms with Crippen molar-refractivity contribution >= 4 is 5.97 Å². The van der Waals surface area contributed by atoms with E-state index in [0.717, 1.165) is 0 Å². The first-order chi connectivity index (χ1) is 11.6. The van der Waals surface area contributed by atoms with E-state index in [2.05, 4.69) is 9.47 Å². The van der Waals surface area contributed by atoms with E-state index in [1.807, 2.05) is 0 Å². The summed E-state index contributed by atoms with van der Waals surface area (Å²) in [5, 5.41) is 36.7. The number of carboxylic acids is 1. The van der Waals surface area contributed by atoms with Crippen LogP contribution in [-0.2, 0) is 14.3 Å². The Hall–Kier alpha value is -1.29. The summed E-state index contributed by atoms with van der Waals surface area (Å²) >= 11 is 0. The number of hydrogen-bond acceptors (Lipinski definition) is 6. The van der Waals surface area contributed by atoms with Gasteiger partial charge in [-0.1, -0.05) is 0 Å². The van der Waals surface area contributed by atoms with Gasteiger partial charge in [-0.3, -0.25) is 0 Å². The Kier molecular flexibility index (Phi) is 6.46. The normalized spacial score (nSPS) is 31.3. The van der Waals surface area contributed by atoms with Crippen molar-refractivity contribution in [2.45, 2.75) is 54.9 Å². The van der Waals surface area contributed by atoms with Gasteiger partial charge >= 0.3 is 30.2 Å². The summed E-state index contributed by atoms with van der Waals surface area (Å²) in [5.41, 5.74) is 0. The zero-order valence-electron chi connectivity index (χ0n) is 12.2. The topological polar surface area (TPSA) is 116 Å². The summed E-state index contributed by atoms with van der Waals surface area (Å²) in [7, 11) is 0. The molecule has 1 rings (SSSR count). The fraction of sp³-hybridized carbons (Fsp3) is 0.909. The molecule has 15 heteroatoms. The van der Waals surface area contributed by atoms with Gasteiger partial charge in [0, 0.05) is 0 Å². The van der Waals surface area contributed by atoms with Crippen molar-refractivity contribution in [3.05, 3.63) is 0 Å². The molecule has 1 fully saturated rings. The van der Waals surface area contributed by atoms with E-state index in [-0.39, 0.29) is 0 Å². The maximum atomic E-state index is 13.3. The first-order valence-electron chi connectivity index (χ1n) is 6.53. The maximum Gasteiger partial charge on any atom is 0.380 e. The van der Waals surface area contributed by atoms with Gasteiger partial charge in [0.25, 0.3) is 0 Å². The zero-order valence-corrected chi connectivity index (χ0v) is 12.2. The molecule has 1 aliphatic rings. The fourth-order valence-electron chi connectivity index (χ4n) is 1.85. The van der Waals surface area contributed by atoms with Crippen LogP contribution < -0.4 is 0 Å². The molecule has 7 nitrogen and oxygen atoms in total. The summed E-state index contributed by atoms with van der Waals surface area (Å²) in [5.74, 6) is -20.9. The van der Waals surface area contributed by atoms with Gasteiger partial charge in [-0.05, 0) is 0 Å². The van der Waals surface area contributed by atoms with E-state index in [1.54, 1.807) is 0 Å². The second-order valence-corrected chi connectivity index (χ2v) is 5.25. The minimum atomic E-state index is -6.59. The van der Waals surface area contributed by atoms with E-state index in [4.69, 9.17) is 5.11 Å². The van der Waals surface area contributed by atoms with E-state index < -0.39 is 67.5 Å². The van der Waals surface area contributed by atoms with E-state index in [1.165, 1.54) is 0 Å². The number of aliphatic hydroxyl groups is 3. The van der Waals surface area contributed by atoms with Crippen LogP contribution in [-0.4, -0.2) is 87.9 Å². The molecule has 0 aromatic heterocycles. The first kappa shape index (κ1) is 22.8. The van der Waals surface area contributed by atoms with Crippen LogP contribution >= 0.6 is 0 Å². The van der Waals surface area contributed by atoms with Crippen LogP contribution in [0.1, 0.15) is 0 Å². The molecule has 1 aliphatic heterocycles. The maximum absolute atomic E-state index is 13.3. The molecular formula is C11H12F8O7. The lowest BCUT2D eigenvalue weighted by Crippen LogP contribution is -2.62. The van der Waals surface area contributed by atoms with Crippen molar-refractivity contribution < 1.29 is 69.8 Å². The number of hydrogen-bond donors (Lipinski definition) is 4. The number of carbonyl (C=O) groups is 1. The van der Waals surface area contributed by atoms with Gasteiger partial charge in [0.1, 0.15) is 24.9 Å². The highest BCUT2D eigenvalue weighted by Crippen LogP contribution is 2.48. The average molecular weight is 408 g/mol. The molecule has 0 unspecified atom stereocenters. The number of aliphatic carboxylic acids is 1. The molecule has 26 heavy (non-hydrogen) atoms. The standard InChI is InChI=1S/C11H12F8O7/c12-8(13)10(16,17)11(18,19)9(14,15)1-25-7-4(22)2(20)3(21)5(26-7)6(23)24/h2-5,7-8,20-22H,1H2,(H,23,24)/t2-,3-,4+,5-,7+/m0/s1.